The van der Waals surface area contributed by atoms with Crippen LogP contribution in [0.3, 0.4) is 0 Å². The fraction of sp³-hybridized carbons (Fsp3) is 0.481. The van der Waals surface area contributed by atoms with Crippen molar-refractivity contribution in [3.8, 4) is 5.75 Å². The van der Waals surface area contributed by atoms with Gasteiger partial charge in [-0.25, -0.2) is 19.3 Å². The van der Waals surface area contributed by atoms with Crippen LogP contribution in [0.15, 0.2) is 23.6 Å². The van der Waals surface area contributed by atoms with Gasteiger partial charge in [-0.3, -0.25) is 4.98 Å². The van der Waals surface area contributed by atoms with E-state index in [9.17, 15) is 14.4 Å². The van der Waals surface area contributed by atoms with Crippen LogP contribution in [0, 0.1) is 13.8 Å². The number of aryl methyl sites for hydroxylation is 1. The Morgan fingerprint density at radius 2 is 1.68 bits per heavy atom. The number of aliphatic imine (C=N–C) groups is 1. The first-order valence-electron chi connectivity index (χ1n) is 12.4. The number of halogens is 1. The number of hydrogen-bond acceptors (Lipinski definition) is 10. The number of carbonyl (C=O) groups is 3. The van der Waals surface area contributed by atoms with Crippen LogP contribution in [-0.4, -0.2) is 61.6 Å². The largest absolute Gasteiger partial charge is 0.496 e. The zero-order valence-corrected chi connectivity index (χ0v) is 25.2. The molecule has 0 radical (unpaired) electrons. The van der Waals surface area contributed by atoms with Gasteiger partial charge in [0.05, 0.1) is 30.6 Å². The van der Waals surface area contributed by atoms with Gasteiger partial charge in [-0.2, -0.15) is 10.00 Å². The summed E-state index contributed by atoms with van der Waals surface area (Å²) in [5.41, 5.74) is 7.22. The fourth-order valence-electron chi connectivity index (χ4n) is 3.59. The van der Waals surface area contributed by atoms with E-state index in [0.29, 0.717) is 22.6 Å². The van der Waals surface area contributed by atoms with Crippen LogP contribution in [0.5, 0.6) is 5.75 Å². The molecule has 0 aromatic carbocycles. The average Bonchev–Trinajstić information content (AvgIpc) is 3.08. The maximum Gasteiger partial charge on any atom is 0.425 e. The molecule has 2 amide bonds. The molecule has 0 saturated heterocycles. The van der Waals surface area contributed by atoms with Crippen LogP contribution in [0.1, 0.15) is 69.6 Å². The lowest BCUT2D eigenvalue weighted by molar-refractivity contribution is -0.107. The van der Waals surface area contributed by atoms with Gasteiger partial charge in [0.1, 0.15) is 40.0 Å². The molecule has 0 saturated carbocycles. The molecular formula is C27H37ClN6O6. The monoisotopic (exact) mass is 576 g/mol. The molecule has 0 aliphatic rings. The number of methoxy groups -OCH3 is 1. The first kappa shape index (κ1) is 32.3. The number of aldehydes is 1. The maximum atomic E-state index is 12.9. The van der Waals surface area contributed by atoms with E-state index < -0.39 is 29.2 Å². The molecule has 2 N–H and O–H groups in total. The number of ether oxygens (including phenoxy) is 3. The Balaban J connectivity index is 2.55. The number of rotatable bonds is 8. The molecule has 218 valence electrons. The molecule has 0 unspecified atom stereocenters. The summed E-state index contributed by atoms with van der Waals surface area (Å²) in [6, 6.07) is 0. The summed E-state index contributed by atoms with van der Waals surface area (Å²) >= 11 is 6.56. The van der Waals surface area contributed by atoms with Crippen molar-refractivity contribution in [2.24, 2.45) is 4.99 Å². The highest BCUT2D eigenvalue weighted by Crippen LogP contribution is 2.27. The van der Waals surface area contributed by atoms with Gasteiger partial charge in [0.2, 0.25) is 0 Å². The number of pyridine rings is 1. The van der Waals surface area contributed by atoms with Gasteiger partial charge >= 0.3 is 12.2 Å². The summed E-state index contributed by atoms with van der Waals surface area (Å²) in [4.78, 5) is 46.4. The minimum Gasteiger partial charge on any atom is -0.496 e. The number of aromatic nitrogens is 3. The Kier molecular flexibility index (Phi) is 10.1. The van der Waals surface area contributed by atoms with Crippen LogP contribution >= 0.6 is 11.6 Å². The van der Waals surface area contributed by atoms with E-state index in [1.54, 1.807) is 54.8 Å². The van der Waals surface area contributed by atoms with Crippen molar-refractivity contribution in [1.82, 2.24) is 19.7 Å². The Morgan fingerprint density at radius 3 is 2.15 bits per heavy atom. The third kappa shape index (κ3) is 8.04. The van der Waals surface area contributed by atoms with Gasteiger partial charge < -0.3 is 24.7 Å². The van der Waals surface area contributed by atoms with Crippen molar-refractivity contribution in [3.05, 3.63) is 46.7 Å². The minimum atomic E-state index is -1.06. The first-order chi connectivity index (χ1) is 18.4. The van der Waals surface area contributed by atoms with Crippen LogP contribution in [0.25, 0.3) is 0 Å². The summed E-state index contributed by atoms with van der Waals surface area (Å²) in [5.74, 6) is 0.378. The molecule has 0 spiro atoms. The molecule has 0 fully saturated rings. The second kappa shape index (κ2) is 12.5. The van der Waals surface area contributed by atoms with Gasteiger partial charge in [0, 0.05) is 23.7 Å². The molecule has 2 heterocycles. The Morgan fingerprint density at radius 1 is 1.12 bits per heavy atom. The van der Waals surface area contributed by atoms with Gasteiger partial charge in [0.15, 0.2) is 0 Å². The quantitative estimate of drug-likeness (QED) is 0.341. The average molecular weight is 577 g/mol. The van der Waals surface area contributed by atoms with E-state index in [1.807, 2.05) is 13.8 Å². The van der Waals surface area contributed by atoms with Gasteiger partial charge in [-0.1, -0.05) is 18.2 Å². The van der Waals surface area contributed by atoms with Crippen molar-refractivity contribution in [2.45, 2.75) is 79.6 Å². The first-order valence-corrected chi connectivity index (χ1v) is 12.7. The highest BCUT2D eigenvalue weighted by atomic mass is 35.5. The Hall–Kier alpha value is -3.93. The SMILES string of the molecule is C=C(N=C(Cl)c1c(CC=O)nn(Cc2ncc(C)c(OC)c2C)c1N)N(C(=O)OC(C)(C)C)C(=O)OC(C)(C)C. The van der Waals surface area contributed by atoms with E-state index in [4.69, 9.17) is 31.5 Å². The molecule has 0 bridgehead atoms. The predicted molar refractivity (Wildman–Crippen MR) is 152 cm³/mol. The number of imide groups is 1. The topological polar surface area (TPSA) is 151 Å². The summed E-state index contributed by atoms with van der Waals surface area (Å²) in [7, 11) is 1.57. The van der Waals surface area contributed by atoms with E-state index in [1.165, 1.54) is 4.68 Å². The Bertz CT molecular complexity index is 1310. The van der Waals surface area contributed by atoms with E-state index in [0.717, 1.165) is 11.1 Å². The molecule has 12 nitrogen and oxygen atoms in total. The van der Waals surface area contributed by atoms with Crippen molar-refractivity contribution in [3.63, 3.8) is 0 Å². The van der Waals surface area contributed by atoms with Gasteiger partial charge in [0.25, 0.3) is 0 Å². The highest BCUT2D eigenvalue weighted by Gasteiger charge is 2.34. The van der Waals surface area contributed by atoms with Crippen molar-refractivity contribution in [2.75, 3.05) is 12.8 Å². The number of anilines is 1. The molecule has 2 aromatic rings. The number of nitrogens with two attached hydrogens (primary N) is 1. The molecule has 0 aliphatic carbocycles. The summed E-state index contributed by atoms with van der Waals surface area (Å²) < 4.78 is 17.6. The summed E-state index contributed by atoms with van der Waals surface area (Å²) in [6.45, 7) is 17.4. The molecule has 40 heavy (non-hydrogen) atoms. The Labute approximate surface area is 239 Å². The van der Waals surface area contributed by atoms with Crippen molar-refractivity contribution < 1.29 is 28.6 Å². The standard InChI is InChI=1S/C27H37ClN6O6/c1-15-13-30-19(16(2)21(15)38-10)14-33-23(29)20(18(32-33)11-12-35)22(28)31-17(3)34(24(36)39-26(4,5)6)25(37)40-27(7,8)9/h12-13H,3,11,14,29H2,1-2,4-10H3. The zero-order valence-electron chi connectivity index (χ0n) is 24.4. The summed E-state index contributed by atoms with van der Waals surface area (Å²) in [6.07, 6.45) is 0.0593. The smallest absolute Gasteiger partial charge is 0.425 e. The lowest BCUT2D eigenvalue weighted by Gasteiger charge is -2.28. The van der Waals surface area contributed by atoms with Gasteiger partial charge in [-0.05, 0) is 55.4 Å². The molecule has 0 aliphatic heterocycles. The second-order valence-electron chi connectivity index (χ2n) is 10.9. The fourth-order valence-corrected chi connectivity index (χ4v) is 3.89. The minimum absolute atomic E-state index is 0.0835. The lowest BCUT2D eigenvalue weighted by Crippen LogP contribution is -2.42. The van der Waals surface area contributed by atoms with Crippen LogP contribution in [0.4, 0.5) is 15.4 Å². The number of nitrogens with zero attached hydrogens (tertiary/aromatic N) is 5. The number of amides is 2. The molecule has 2 aromatic heterocycles. The second-order valence-corrected chi connectivity index (χ2v) is 11.3. The maximum absolute atomic E-state index is 12.9. The number of hydrogen-bond donors (Lipinski definition) is 1. The molecule has 13 heteroatoms. The van der Waals surface area contributed by atoms with E-state index >= 15 is 0 Å². The van der Waals surface area contributed by atoms with Crippen molar-refractivity contribution in [1.29, 1.82) is 0 Å². The zero-order chi connectivity index (χ0) is 30.6. The van der Waals surface area contributed by atoms with Crippen LogP contribution < -0.4 is 10.5 Å². The third-order valence-corrected chi connectivity index (χ3v) is 5.51. The molecule has 0 atom stereocenters. The normalized spacial score (nSPS) is 12.1. The van der Waals surface area contributed by atoms with Crippen molar-refractivity contribution >= 4 is 41.1 Å². The van der Waals surface area contributed by atoms with Crippen LogP contribution in [0.2, 0.25) is 0 Å². The van der Waals surface area contributed by atoms with Crippen LogP contribution in [-0.2, 0) is 27.2 Å². The third-order valence-electron chi connectivity index (χ3n) is 5.23. The number of carbonyl (C=O) groups excluding carboxylic acids is 3. The predicted octanol–water partition coefficient (Wildman–Crippen LogP) is 4.90. The van der Waals surface area contributed by atoms with Gasteiger partial charge in [-0.15, -0.1) is 0 Å². The molecular weight excluding hydrogens is 540 g/mol. The number of nitrogen functional groups attached to an aromatic ring is 1. The van der Waals surface area contributed by atoms with E-state index in [-0.39, 0.29) is 35.2 Å². The lowest BCUT2D eigenvalue weighted by atomic mass is 10.1. The van der Waals surface area contributed by atoms with E-state index in [2.05, 4.69) is 21.7 Å². The molecule has 2 rings (SSSR count). The summed E-state index contributed by atoms with van der Waals surface area (Å²) in [5, 5.41) is 4.19. The highest BCUT2D eigenvalue weighted by molar-refractivity contribution is 6.70.